The van der Waals surface area contributed by atoms with Gasteiger partial charge in [-0.25, -0.2) is 0 Å². The van der Waals surface area contributed by atoms with E-state index >= 15 is 0 Å². The first-order chi connectivity index (χ1) is 7.58. The summed E-state index contributed by atoms with van der Waals surface area (Å²) in [6.07, 6.45) is 2.21. The van der Waals surface area contributed by atoms with E-state index in [1.54, 1.807) is 24.3 Å². The number of rotatable bonds is 2. The van der Waals surface area contributed by atoms with Gasteiger partial charge in [-0.3, -0.25) is 0 Å². The van der Waals surface area contributed by atoms with Gasteiger partial charge in [0.25, 0.3) is 10.0 Å². The van der Waals surface area contributed by atoms with Crippen molar-refractivity contribution < 1.29 is 8.42 Å². The van der Waals surface area contributed by atoms with Crippen molar-refractivity contribution in [2.75, 3.05) is 11.5 Å². The first kappa shape index (κ1) is 11.8. The van der Waals surface area contributed by atoms with Crippen LogP contribution in [0.2, 0.25) is 0 Å². The van der Waals surface area contributed by atoms with Crippen LogP contribution in [0.15, 0.2) is 32.9 Å². The van der Waals surface area contributed by atoms with Crippen molar-refractivity contribution >= 4 is 20.7 Å². The molecule has 3 nitrogen and oxygen atoms in total. The molecule has 0 aromatic heterocycles. The molecule has 16 heavy (non-hydrogen) atoms. The van der Waals surface area contributed by atoms with E-state index in [9.17, 15) is 8.42 Å². The van der Waals surface area contributed by atoms with E-state index in [0.717, 1.165) is 29.9 Å². The zero-order chi connectivity index (χ0) is 11.6. The molecular weight excluding hydrogens is 242 g/mol. The molecule has 2 rings (SSSR count). The molecule has 1 aliphatic heterocycles. The van der Waals surface area contributed by atoms with E-state index in [-0.39, 0.29) is 10.7 Å². The van der Waals surface area contributed by atoms with Crippen molar-refractivity contribution in [2.45, 2.75) is 24.7 Å². The molecule has 0 N–H and O–H groups in total. The topological polar surface area (TPSA) is 46.5 Å². The molecule has 1 aromatic carbocycles. The second-order valence-corrected chi connectivity index (χ2v) is 7.70. The summed E-state index contributed by atoms with van der Waals surface area (Å²) in [5.41, 5.74) is 1.06. The molecule has 0 aliphatic carbocycles. The maximum absolute atomic E-state index is 11.9. The number of nitrogens with zero attached hydrogens (tertiary/aromatic N) is 1. The second-order valence-electron chi connectivity index (χ2n) is 3.94. The third-order valence-electron chi connectivity index (χ3n) is 2.53. The normalized spacial score (nSPS) is 17.6. The van der Waals surface area contributed by atoms with Crippen LogP contribution >= 0.6 is 0 Å². The Morgan fingerprint density at radius 2 is 1.69 bits per heavy atom. The maximum Gasteiger partial charge on any atom is 0.287 e. The number of hydrogen-bond donors (Lipinski definition) is 0. The smallest absolute Gasteiger partial charge is 0.199 e. The van der Waals surface area contributed by atoms with Gasteiger partial charge in [0.1, 0.15) is 0 Å². The van der Waals surface area contributed by atoms with Crippen LogP contribution < -0.4 is 0 Å². The second kappa shape index (κ2) is 4.67. The van der Waals surface area contributed by atoms with Gasteiger partial charge in [0.15, 0.2) is 0 Å². The van der Waals surface area contributed by atoms with Gasteiger partial charge < -0.3 is 0 Å². The fourth-order valence-electron chi connectivity index (χ4n) is 1.61. The molecule has 88 valence electrons. The van der Waals surface area contributed by atoms with Gasteiger partial charge in [-0.05, 0) is 31.9 Å². The van der Waals surface area contributed by atoms with Gasteiger partial charge in [0.05, 0.1) is 4.90 Å². The lowest BCUT2D eigenvalue weighted by Gasteiger charge is -2.01. The van der Waals surface area contributed by atoms with Crippen LogP contribution in [0.25, 0.3) is 0 Å². The number of sulfonamides is 1. The molecule has 0 atom stereocenters. The largest absolute Gasteiger partial charge is 0.287 e. The van der Waals surface area contributed by atoms with E-state index in [4.69, 9.17) is 0 Å². The summed E-state index contributed by atoms with van der Waals surface area (Å²) in [6, 6.07) is 6.88. The summed E-state index contributed by atoms with van der Waals surface area (Å²) in [5, 5.41) is 0. The number of hydrogen-bond acceptors (Lipinski definition) is 2. The molecule has 0 bridgehead atoms. The van der Waals surface area contributed by atoms with Crippen molar-refractivity contribution in [1.82, 2.24) is 0 Å². The van der Waals surface area contributed by atoms with Crippen molar-refractivity contribution in [2.24, 2.45) is 3.77 Å². The minimum absolute atomic E-state index is 0.266. The van der Waals surface area contributed by atoms with Crippen LogP contribution in [0.5, 0.6) is 0 Å². The van der Waals surface area contributed by atoms with E-state index in [0.29, 0.717) is 4.90 Å². The van der Waals surface area contributed by atoms with Gasteiger partial charge in [-0.15, -0.1) is 3.77 Å². The minimum atomic E-state index is -3.42. The summed E-state index contributed by atoms with van der Waals surface area (Å²) in [4.78, 5) is 0.317. The molecule has 1 fully saturated rings. The van der Waals surface area contributed by atoms with E-state index < -0.39 is 10.0 Å². The standard InChI is InChI=1S/C11H15NO2S2/c1-10-4-6-11(7-5-10)16(13,14)12-15-8-2-3-9-15/h4-7H,2-3,8-9H2,1H3. The molecular formula is C11H15NO2S2. The Kier molecular flexibility index (Phi) is 3.44. The van der Waals surface area contributed by atoms with Crippen LogP contribution in [0.1, 0.15) is 18.4 Å². The summed E-state index contributed by atoms with van der Waals surface area (Å²) < 4.78 is 27.9. The van der Waals surface area contributed by atoms with Crippen molar-refractivity contribution in [3.05, 3.63) is 29.8 Å². The monoisotopic (exact) mass is 257 g/mol. The third kappa shape index (κ3) is 2.71. The molecule has 0 radical (unpaired) electrons. The Morgan fingerprint density at radius 3 is 2.25 bits per heavy atom. The first-order valence-corrected chi connectivity index (χ1v) is 8.26. The van der Waals surface area contributed by atoms with Gasteiger partial charge in [0, 0.05) is 11.5 Å². The summed E-state index contributed by atoms with van der Waals surface area (Å²) in [6.45, 7) is 1.94. The molecule has 1 aromatic rings. The van der Waals surface area contributed by atoms with Gasteiger partial charge in [0.2, 0.25) is 0 Å². The molecule has 1 aliphatic rings. The SMILES string of the molecule is Cc1ccc(S(=O)(=O)N=S2CCCC2)cc1. The Labute approximate surface area is 99.0 Å². The van der Waals surface area contributed by atoms with Crippen LogP contribution in [0.3, 0.4) is 0 Å². The summed E-state index contributed by atoms with van der Waals surface area (Å²) in [5.74, 6) is 1.87. The highest BCUT2D eigenvalue weighted by molar-refractivity contribution is 8.00. The highest BCUT2D eigenvalue weighted by Crippen LogP contribution is 2.17. The van der Waals surface area contributed by atoms with Crippen molar-refractivity contribution in [3.63, 3.8) is 0 Å². The Bertz CT molecular complexity index is 495. The Balaban J connectivity index is 2.31. The third-order valence-corrected chi connectivity index (χ3v) is 6.55. The highest BCUT2D eigenvalue weighted by Gasteiger charge is 2.15. The van der Waals surface area contributed by atoms with Gasteiger partial charge >= 0.3 is 0 Å². The van der Waals surface area contributed by atoms with Crippen LogP contribution in [0, 0.1) is 6.92 Å². The van der Waals surface area contributed by atoms with E-state index in [1.165, 1.54) is 0 Å². The molecule has 0 amide bonds. The lowest BCUT2D eigenvalue weighted by molar-refractivity contribution is 0.598. The van der Waals surface area contributed by atoms with Crippen molar-refractivity contribution in [1.29, 1.82) is 0 Å². The zero-order valence-corrected chi connectivity index (χ0v) is 10.9. The van der Waals surface area contributed by atoms with Crippen LogP contribution in [-0.2, 0) is 20.7 Å². The molecule has 0 unspecified atom stereocenters. The zero-order valence-electron chi connectivity index (χ0n) is 9.22. The van der Waals surface area contributed by atoms with Gasteiger partial charge in [-0.1, -0.05) is 28.4 Å². The predicted octanol–water partition coefficient (Wildman–Crippen LogP) is 2.28. The average Bonchev–Trinajstić information content (AvgIpc) is 2.70. The number of benzene rings is 1. The average molecular weight is 257 g/mol. The van der Waals surface area contributed by atoms with E-state index in [1.807, 2.05) is 6.92 Å². The van der Waals surface area contributed by atoms with Crippen molar-refractivity contribution in [3.8, 4) is 0 Å². The molecule has 1 heterocycles. The molecule has 0 saturated carbocycles. The minimum Gasteiger partial charge on any atom is -0.199 e. The summed E-state index contributed by atoms with van der Waals surface area (Å²) >= 11 is 0. The molecule has 1 saturated heterocycles. The molecule has 5 heteroatoms. The van der Waals surface area contributed by atoms with Gasteiger partial charge in [-0.2, -0.15) is 8.42 Å². The van der Waals surface area contributed by atoms with E-state index in [2.05, 4.69) is 3.77 Å². The lowest BCUT2D eigenvalue weighted by atomic mass is 10.2. The highest BCUT2D eigenvalue weighted by atomic mass is 32.3. The predicted molar refractivity (Wildman–Crippen MR) is 67.1 cm³/mol. The Morgan fingerprint density at radius 1 is 1.12 bits per heavy atom. The first-order valence-electron chi connectivity index (χ1n) is 5.30. The fourth-order valence-corrected chi connectivity index (χ4v) is 5.42. The molecule has 0 spiro atoms. The fraction of sp³-hybridized carbons (Fsp3) is 0.455. The summed E-state index contributed by atoms with van der Waals surface area (Å²) in [7, 11) is -3.69. The van der Waals surface area contributed by atoms with Crippen LogP contribution in [-0.4, -0.2) is 19.9 Å². The maximum atomic E-state index is 11.9. The van der Waals surface area contributed by atoms with Crippen LogP contribution in [0.4, 0.5) is 0 Å². The lowest BCUT2D eigenvalue weighted by Crippen LogP contribution is -2.01. The quantitative estimate of drug-likeness (QED) is 0.816. The Hall–Kier alpha value is -0.680. The number of aryl methyl sites for hydroxylation is 1.